The van der Waals surface area contributed by atoms with Gasteiger partial charge in [0.2, 0.25) is 0 Å². The van der Waals surface area contributed by atoms with Crippen LogP contribution in [0, 0.1) is 0 Å². The molecule has 1 rings (SSSR count). The molecule has 0 saturated carbocycles. The first kappa shape index (κ1) is 14.9. The van der Waals surface area contributed by atoms with Crippen LogP contribution in [0.4, 0.5) is 0 Å². The molecular weight excluding hydrogens is 302 g/mol. The lowest BCUT2D eigenvalue weighted by molar-refractivity contribution is -0.137. The van der Waals surface area contributed by atoms with Crippen LogP contribution in [0.1, 0.15) is 23.6 Å². The number of aliphatic carboxylic acids is 1. The van der Waals surface area contributed by atoms with Crippen molar-refractivity contribution in [2.75, 3.05) is 14.2 Å². The van der Waals surface area contributed by atoms with Crippen LogP contribution in [-0.2, 0) is 16.1 Å². The third-order valence-electron chi connectivity index (χ3n) is 2.51. The maximum absolute atomic E-state index is 10.7. The zero-order valence-electron chi connectivity index (χ0n) is 10.3. The fourth-order valence-electron chi connectivity index (χ4n) is 1.69. The standard InChI is InChI=1S/C12H16BrNO4/c1-17-6-7-3-11(18-2)9(13)4-8(7)10(14)5-12(15)16/h3-4,10H,5-6,14H2,1-2H3,(H,15,16). The van der Waals surface area contributed by atoms with Crippen LogP contribution in [0.15, 0.2) is 16.6 Å². The van der Waals surface area contributed by atoms with Crippen LogP contribution in [0.2, 0.25) is 0 Å². The Morgan fingerprint density at radius 2 is 2.17 bits per heavy atom. The van der Waals surface area contributed by atoms with Crippen LogP contribution >= 0.6 is 15.9 Å². The van der Waals surface area contributed by atoms with Crippen molar-refractivity contribution in [3.8, 4) is 5.75 Å². The van der Waals surface area contributed by atoms with E-state index in [1.165, 1.54) is 0 Å². The summed E-state index contributed by atoms with van der Waals surface area (Å²) in [5.41, 5.74) is 7.46. The Kier molecular flexibility index (Phi) is 5.58. The van der Waals surface area contributed by atoms with Crippen molar-refractivity contribution in [1.29, 1.82) is 0 Å². The van der Waals surface area contributed by atoms with E-state index in [9.17, 15) is 4.79 Å². The fourth-order valence-corrected chi connectivity index (χ4v) is 2.21. The van der Waals surface area contributed by atoms with Crippen LogP contribution in [0.3, 0.4) is 0 Å². The number of nitrogens with two attached hydrogens (primary N) is 1. The molecule has 0 aromatic heterocycles. The third-order valence-corrected chi connectivity index (χ3v) is 3.13. The van der Waals surface area contributed by atoms with E-state index in [0.717, 1.165) is 15.6 Å². The van der Waals surface area contributed by atoms with Crippen molar-refractivity contribution in [3.63, 3.8) is 0 Å². The van der Waals surface area contributed by atoms with Gasteiger partial charge in [-0.15, -0.1) is 0 Å². The summed E-state index contributed by atoms with van der Waals surface area (Å²) >= 11 is 3.36. The van der Waals surface area contributed by atoms with E-state index in [1.807, 2.05) is 0 Å². The van der Waals surface area contributed by atoms with Gasteiger partial charge in [-0.1, -0.05) is 0 Å². The van der Waals surface area contributed by atoms with E-state index >= 15 is 0 Å². The molecular formula is C12H16BrNO4. The number of carbonyl (C=O) groups is 1. The number of methoxy groups -OCH3 is 2. The van der Waals surface area contributed by atoms with Gasteiger partial charge >= 0.3 is 5.97 Å². The lowest BCUT2D eigenvalue weighted by Gasteiger charge is -2.17. The van der Waals surface area contributed by atoms with Crippen LogP contribution in [0.5, 0.6) is 5.75 Å². The molecule has 1 aromatic carbocycles. The molecule has 100 valence electrons. The van der Waals surface area contributed by atoms with E-state index < -0.39 is 12.0 Å². The lowest BCUT2D eigenvalue weighted by atomic mass is 9.98. The van der Waals surface area contributed by atoms with Crippen molar-refractivity contribution in [3.05, 3.63) is 27.7 Å². The predicted octanol–water partition coefficient (Wildman–Crippen LogP) is 2.08. The average molecular weight is 318 g/mol. The summed E-state index contributed by atoms with van der Waals surface area (Å²) in [7, 11) is 3.13. The molecule has 0 saturated heterocycles. The Bertz CT molecular complexity index is 436. The first-order valence-corrected chi connectivity index (χ1v) is 6.11. The summed E-state index contributed by atoms with van der Waals surface area (Å²) < 4.78 is 11.0. The van der Waals surface area contributed by atoms with Gasteiger partial charge in [-0.3, -0.25) is 4.79 Å². The lowest BCUT2D eigenvalue weighted by Crippen LogP contribution is -2.17. The van der Waals surface area contributed by atoms with E-state index in [0.29, 0.717) is 12.4 Å². The number of rotatable bonds is 6. The second-order valence-electron chi connectivity index (χ2n) is 3.82. The van der Waals surface area contributed by atoms with E-state index in [2.05, 4.69) is 15.9 Å². The summed E-state index contributed by atoms with van der Waals surface area (Å²) in [6, 6.07) is 3.00. The quantitative estimate of drug-likeness (QED) is 0.839. The molecule has 0 spiro atoms. The normalized spacial score (nSPS) is 12.2. The van der Waals surface area contributed by atoms with Crippen molar-refractivity contribution < 1.29 is 19.4 Å². The Hall–Kier alpha value is -1.11. The molecule has 0 amide bonds. The van der Waals surface area contributed by atoms with Crippen molar-refractivity contribution in [1.82, 2.24) is 0 Å². The topological polar surface area (TPSA) is 81.8 Å². The Balaban J connectivity index is 3.15. The third kappa shape index (κ3) is 3.69. The second-order valence-corrected chi connectivity index (χ2v) is 4.68. The summed E-state index contributed by atoms with van der Waals surface area (Å²) in [6.07, 6.45) is -0.129. The molecule has 1 aromatic rings. The van der Waals surface area contributed by atoms with E-state index in [1.54, 1.807) is 26.4 Å². The molecule has 0 radical (unpaired) electrons. The molecule has 18 heavy (non-hydrogen) atoms. The summed E-state index contributed by atoms with van der Waals surface area (Å²) in [4.78, 5) is 10.7. The highest BCUT2D eigenvalue weighted by Gasteiger charge is 2.17. The van der Waals surface area contributed by atoms with Gasteiger partial charge < -0.3 is 20.3 Å². The monoisotopic (exact) mass is 317 g/mol. The van der Waals surface area contributed by atoms with Gasteiger partial charge in [-0.05, 0) is 39.2 Å². The highest BCUT2D eigenvalue weighted by molar-refractivity contribution is 9.10. The van der Waals surface area contributed by atoms with E-state index in [4.69, 9.17) is 20.3 Å². The highest BCUT2D eigenvalue weighted by Crippen LogP contribution is 2.32. The highest BCUT2D eigenvalue weighted by atomic mass is 79.9. The van der Waals surface area contributed by atoms with Gasteiger partial charge in [0.05, 0.1) is 24.6 Å². The minimum Gasteiger partial charge on any atom is -0.496 e. The number of halogens is 1. The number of ether oxygens (including phenoxy) is 2. The molecule has 3 N–H and O–H groups in total. The molecule has 0 aliphatic rings. The van der Waals surface area contributed by atoms with Crippen LogP contribution < -0.4 is 10.5 Å². The van der Waals surface area contributed by atoms with Crippen molar-refractivity contribution in [2.24, 2.45) is 5.73 Å². The van der Waals surface area contributed by atoms with Crippen molar-refractivity contribution in [2.45, 2.75) is 19.1 Å². The second kappa shape index (κ2) is 6.72. The molecule has 6 heteroatoms. The SMILES string of the molecule is COCc1cc(OC)c(Br)cc1C(N)CC(=O)O. The molecule has 0 fully saturated rings. The number of carboxylic acid groups (broad SMARTS) is 1. The summed E-state index contributed by atoms with van der Waals surface area (Å²) in [6.45, 7) is 0.353. The minimum absolute atomic E-state index is 0.129. The van der Waals surface area contributed by atoms with Crippen molar-refractivity contribution >= 4 is 21.9 Å². The minimum atomic E-state index is -0.933. The Labute approximate surface area is 114 Å². The van der Waals surface area contributed by atoms with Gasteiger partial charge in [0.1, 0.15) is 5.75 Å². The first-order chi connectivity index (χ1) is 8.49. The molecule has 1 unspecified atom stereocenters. The fraction of sp³-hybridized carbons (Fsp3) is 0.417. The van der Waals surface area contributed by atoms with Gasteiger partial charge in [0, 0.05) is 13.2 Å². The molecule has 0 aliphatic heterocycles. The van der Waals surface area contributed by atoms with Crippen LogP contribution in [-0.4, -0.2) is 25.3 Å². The number of carboxylic acids is 1. The van der Waals surface area contributed by atoms with Gasteiger partial charge in [-0.25, -0.2) is 0 Å². The number of hydrogen-bond donors (Lipinski definition) is 2. The zero-order chi connectivity index (χ0) is 13.7. The van der Waals surface area contributed by atoms with E-state index in [-0.39, 0.29) is 6.42 Å². The molecule has 0 aliphatic carbocycles. The summed E-state index contributed by atoms with van der Waals surface area (Å²) in [5, 5.41) is 8.79. The molecule has 0 heterocycles. The smallest absolute Gasteiger partial charge is 0.305 e. The largest absolute Gasteiger partial charge is 0.496 e. The Morgan fingerprint density at radius 3 is 2.67 bits per heavy atom. The first-order valence-electron chi connectivity index (χ1n) is 5.32. The van der Waals surface area contributed by atoms with Crippen LogP contribution in [0.25, 0.3) is 0 Å². The maximum Gasteiger partial charge on any atom is 0.305 e. The van der Waals surface area contributed by atoms with Gasteiger partial charge in [-0.2, -0.15) is 0 Å². The average Bonchev–Trinajstić information content (AvgIpc) is 2.30. The predicted molar refractivity (Wildman–Crippen MR) is 70.6 cm³/mol. The molecule has 1 atom stereocenters. The number of hydrogen-bond acceptors (Lipinski definition) is 4. The zero-order valence-corrected chi connectivity index (χ0v) is 11.9. The molecule has 0 bridgehead atoms. The molecule has 5 nitrogen and oxygen atoms in total. The number of benzene rings is 1. The van der Waals surface area contributed by atoms with Gasteiger partial charge in [0.15, 0.2) is 0 Å². The maximum atomic E-state index is 10.7. The van der Waals surface area contributed by atoms with Gasteiger partial charge in [0.25, 0.3) is 0 Å². The Morgan fingerprint density at radius 1 is 1.50 bits per heavy atom. The summed E-state index contributed by atoms with van der Waals surface area (Å²) in [5.74, 6) is -0.272.